The topological polar surface area (TPSA) is 32.5 Å². The minimum Gasteiger partial charge on any atom is -0.329 e. The molecule has 1 atom stereocenters. The van der Waals surface area contributed by atoms with Crippen molar-refractivity contribution in [1.82, 2.24) is 9.80 Å². The molecule has 0 bridgehead atoms. The van der Waals surface area contributed by atoms with E-state index in [2.05, 4.69) is 47.2 Å². The van der Waals surface area contributed by atoms with Crippen LogP contribution >= 0.6 is 0 Å². The fraction of sp³-hybridized carbons (Fsp3) is 0.647. The lowest BCUT2D eigenvalue weighted by atomic mass is 9.87. The molecule has 3 rings (SSSR count). The van der Waals surface area contributed by atoms with E-state index in [9.17, 15) is 0 Å². The SMILES string of the molecule is CN(C1CC1)C1(CN)CCCN(Cc2ccccc2)C1. The van der Waals surface area contributed by atoms with E-state index in [-0.39, 0.29) is 5.54 Å². The molecule has 1 heterocycles. The van der Waals surface area contributed by atoms with Crippen LogP contribution in [0, 0.1) is 0 Å². The summed E-state index contributed by atoms with van der Waals surface area (Å²) in [5.41, 5.74) is 7.81. The maximum absolute atomic E-state index is 6.19. The first-order valence-corrected chi connectivity index (χ1v) is 7.93. The van der Waals surface area contributed by atoms with E-state index in [1.807, 2.05) is 0 Å². The molecule has 3 heteroatoms. The number of piperidine rings is 1. The van der Waals surface area contributed by atoms with Gasteiger partial charge in [-0.3, -0.25) is 9.80 Å². The molecule has 1 aromatic rings. The molecule has 1 aromatic carbocycles. The van der Waals surface area contributed by atoms with Gasteiger partial charge in [0.25, 0.3) is 0 Å². The Hall–Kier alpha value is -0.900. The van der Waals surface area contributed by atoms with Crippen LogP contribution in [0.4, 0.5) is 0 Å². The summed E-state index contributed by atoms with van der Waals surface area (Å²) in [6.07, 6.45) is 5.23. The molecular weight excluding hydrogens is 246 g/mol. The van der Waals surface area contributed by atoms with Gasteiger partial charge >= 0.3 is 0 Å². The Kier molecular flexibility index (Phi) is 4.11. The van der Waals surface area contributed by atoms with Crippen molar-refractivity contribution in [2.75, 3.05) is 26.7 Å². The first kappa shape index (κ1) is 14.1. The highest BCUT2D eigenvalue weighted by Crippen LogP contribution is 2.35. The van der Waals surface area contributed by atoms with Crippen LogP contribution in [0.2, 0.25) is 0 Å². The molecule has 1 saturated heterocycles. The van der Waals surface area contributed by atoms with Gasteiger partial charge in [0.15, 0.2) is 0 Å². The predicted molar refractivity (Wildman–Crippen MR) is 83.5 cm³/mol. The van der Waals surface area contributed by atoms with Crippen LogP contribution in [0.3, 0.4) is 0 Å². The van der Waals surface area contributed by atoms with Gasteiger partial charge < -0.3 is 5.73 Å². The van der Waals surface area contributed by atoms with E-state index in [1.165, 1.54) is 37.8 Å². The monoisotopic (exact) mass is 273 g/mol. The average molecular weight is 273 g/mol. The molecule has 2 aliphatic rings. The van der Waals surface area contributed by atoms with Crippen molar-refractivity contribution in [3.8, 4) is 0 Å². The van der Waals surface area contributed by atoms with E-state index < -0.39 is 0 Å². The number of nitrogens with two attached hydrogens (primary N) is 1. The molecule has 1 saturated carbocycles. The highest BCUT2D eigenvalue weighted by Gasteiger charge is 2.43. The molecule has 110 valence electrons. The second-order valence-electron chi connectivity index (χ2n) is 6.57. The molecule has 20 heavy (non-hydrogen) atoms. The molecule has 1 unspecified atom stereocenters. The van der Waals surface area contributed by atoms with E-state index >= 15 is 0 Å². The number of nitrogens with zero attached hydrogens (tertiary/aromatic N) is 2. The lowest BCUT2D eigenvalue weighted by Crippen LogP contribution is -2.61. The van der Waals surface area contributed by atoms with Crippen molar-refractivity contribution in [3.05, 3.63) is 35.9 Å². The van der Waals surface area contributed by atoms with Crippen LogP contribution in [-0.2, 0) is 6.54 Å². The molecule has 1 aliphatic heterocycles. The van der Waals surface area contributed by atoms with Gasteiger partial charge in [-0.1, -0.05) is 30.3 Å². The van der Waals surface area contributed by atoms with Crippen molar-refractivity contribution in [2.45, 2.75) is 43.8 Å². The Morgan fingerprint density at radius 1 is 1.30 bits per heavy atom. The number of hydrogen-bond donors (Lipinski definition) is 1. The number of likely N-dealkylation sites (tertiary alicyclic amines) is 1. The minimum atomic E-state index is 0.203. The zero-order chi connectivity index (χ0) is 14.0. The van der Waals surface area contributed by atoms with Crippen molar-refractivity contribution < 1.29 is 0 Å². The molecule has 2 fully saturated rings. The maximum atomic E-state index is 6.19. The molecular formula is C17H27N3. The minimum absolute atomic E-state index is 0.203. The third-order valence-corrected chi connectivity index (χ3v) is 5.11. The Morgan fingerprint density at radius 2 is 2.05 bits per heavy atom. The summed E-state index contributed by atoms with van der Waals surface area (Å²) in [5.74, 6) is 0. The highest BCUT2D eigenvalue weighted by molar-refractivity contribution is 5.15. The van der Waals surface area contributed by atoms with Crippen LogP contribution < -0.4 is 5.73 Å². The van der Waals surface area contributed by atoms with Crippen molar-refractivity contribution in [1.29, 1.82) is 0 Å². The van der Waals surface area contributed by atoms with Gasteiger partial charge in [-0.2, -0.15) is 0 Å². The Balaban J connectivity index is 1.68. The third kappa shape index (κ3) is 2.90. The van der Waals surface area contributed by atoms with Gasteiger partial charge in [0.2, 0.25) is 0 Å². The first-order chi connectivity index (χ1) is 9.73. The average Bonchev–Trinajstić information content (AvgIpc) is 3.32. The maximum Gasteiger partial charge on any atom is 0.0458 e. The summed E-state index contributed by atoms with van der Waals surface area (Å²) < 4.78 is 0. The molecule has 0 radical (unpaired) electrons. The molecule has 0 amide bonds. The first-order valence-electron chi connectivity index (χ1n) is 7.93. The van der Waals surface area contributed by atoms with E-state index in [0.29, 0.717) is 0 Å². The van der Waals surface area contributed by atoms with Gasteiger partial charge in [0.1, 0.15) is 0 Å². The van der Waals surface area contributed by atoms with Gasteiger partial charge in [0, 0.05) is 31.2 Å². The largest absolute Gasteiger partial charge is 0.329 e. The molecule has 1 aliphatic carbocycles. The predicted octanol–water partition coefficient (Wildman–Crippen LogP) is 2.07. The van der Waals surface area contributed by atoms with E-state index in [4.69, 9.17) is 5.73 Å². The number of likely N-dealkylation sites (N-methyl/N-ethyl adjacent to an activating group) is 1. The second-order valence-corrected chi connectivity index (χ2v) is 6.57. The fourth-order valence-electron chi connectivity index (χ4n) is 3.63. The van der Waals surface area contributed by atoms with Gasteiger partial charge in [-0.05, 0) is 44.8 Å². The summed E-state index contributed by atoms with van der Waals surface area (Å²) in [7, 11) is 2.29. The van der Waals surface area contributed by atoms with Gasteiger partial charge in [-0.25, -0.2) is 0 Å². The summed E-state index contributed by atoms with van der Waals surface area (Å²) in [4.78, 5) is 5.18. The van der Waals surface area contributed by atoms with Crippen LogP contribution in [0.1, 0.15) is 31.2 Å². The van der Waals surface area contributed by atoms with Crippen LogP contribution in [0.5, 0.6) is 0 Å². The zero-order valence-electron chi connectivity index (χ0n) is 12.6. The Bertz CT molecular complexity index is 429. The number of hydrogen-bond acceptors (Lipinski definition) is 3. The van der Waals surface area contributed by atoms with Gasteiger partial charge in [-0.15, -0.1) is 0 Å². The zero-order valence-corrected chi connectivity index (χ0v) is 12.6. The summed E-state index contributed by atoms with van der Waals surface area (Å²) >= 11 is 0. The van der Waals surface area contributed by atoms with Crippen LogP contribution in [-0.4, -0.2) is 48.1 Å². The standard InChI is InChI=1S/C17H27N3/c1-19(16-8-9-16)17(13-18)10-5-11-20(14-17)12-15-6-3-2-4-7-15/h2-4,6-7,16H,5,8-14,18H2,1H3. The summed E-state index contributed by atoms with van der Waals surface area (Å²) in [6, 6.07) is 11.6. The summed E-state index contributed by atoms with van der Waals surface area (Å²) in [6.45, 7) is 4.16. The molecule has 0 spiro atoms. The van der Waals surface area contributed by atoms with Crippen molar-refractivity contribution >= 4 is 0 Å². The smallest absolute Gasteiger partial charge is 0.0458 e. The Labute approximate surface area is 122 Å². The Morgan fingerprint density at radius 3 is 2.70 bits per heavy atom. The highest BCUT2D eigenvalue weighted by atomic mass is 15.3. The van der Waals surface area contributed by atoms with E-state index in [1.54, 1.807) is 0 Å². The van der Waals surface area contributed by atoms with Crippen LogP contribution in [0.25, 0.3) is 0 Å². The normalized spacial score (nSPS) is 27.9. The molecule has 3 nitrogen and oxygen atoms in total. The number of benzene rings is 1. The number of rotatable bonds is 5. The third-order valence-electron chi connectivity index (χ3n) is 5.11. The molecule has 0 aromatic heterocycles. The lowest BCUT2D eigenvalue weighted by Gasteiger charge is -2.48. The molecule has 2 N–H and O–H groups in total. The van der Waals surface area contributed by atoms with Crippen molar-refractivity contribution in [2.24, 2.45) is 5.73 Å². The quantitative estimate of drug-likeness (QED) is 0.891. The van der Waals surface area contributed by atoms with Gasteiger partial charge in [0.05, 0.1) is 0 Å². The second kappa shape index (κ2) is 5.84. The summed E-state index contributed by atoms with van der Waals surface area (Å²) in [5, 5.41) is 0. The fourth-order valence-corrected chi connectivity index (χ4v) is 3.63. The lowest BCUT2D eigenvalue weighted by molar-refractivity contribution is 0.0254. The van der Waals surface area contributed by atoms with Crippen LogP contribution in [0.15, 0.2) is 30.3 Å². The van der Waals surface area contributed by atoms with Crippen molar-refractivity contribution in [3.63, 3.8) is 0 Å². The van der Waals surface area contributed by atoms with E-state index in [0.717, 1.165) is 25.7 Å².